The van der Waals surface area contributed by atoms with E-state index in [4.69, 9.17) is 16.3 Å². The molecule has 0 spiro atoms. The number of carbonyl (C=O) groups excluding carboxylic acids is 2. The van der Waals surface area contributed by atoms with Crippen LogP contribution < -0.4 is 10.0 Å². The molecule has 2 aromatic rings. The van der Waals surface area contributed by atoms with E-state index < -0.39 is 34.5 Å². The van der Waals surface area contributed by atoms with Crippen molar-refractivity contribution in [1.82, 2.24) is 4.72 Å². The van der Waals surface area contributed by atoms with Crippen molar-refractivity contribution in [1.29, 1.82) is 0 Å². The van der Waals surface area contributed by atoms with Crippen LogP contribution in [0.5, 0.6) is 0 Å². The molecule has 0 aliphatic heterocycles. The second-order valence-corrected chi connectivity index (χ2v) is 8.35. The van der Waals surface area contributed by atoms with E-state index in [1.807, 2.05) is 19.9 Å². The number of benzene rings is 2. The van der Waals surface area contributed by atoms with Crippen LogP contribution in [0.4, 0.5) is 5.69 Å². The Kier molecular flexibility index (Phi) is 7.17. The molecule has 28 heavy (non-hydrogen) atoms. The third kappa shape index (κ3) is 5.79. The Morgan fingerprint density at radius 1 is 1.11 bits per heavy atom. The fourth-order valence-electron chi connectivity index (χ4n) is 2.30. The molecule has 2 rings (SSSR count). The number of ether oxygens (including phenoxy) is 1. The Morgan fingerprint density at radius 2 is 1.75 bits per heavy atom. The van der Waals surface area contributed by atoms with E-state index in [0.717, 1.165) is 11.1 Å². The fraction of sp³-hybridized carbons (Fsp3) is 0.263. The molecule has 0 bridgehead atoms. The molecule has 2 N–H and O–H groups in total. The minimum Gasteiger partial charge on any atom is -0.454 e. The van der Waals surface area contributed by atoms with Gasteiger partial charge in [-0.3, -0.25) is 9.59 Å². The summed E-state index contributed by atoms with van der Waals surface area (Å²) in [5, 5.41) is 3.05. The standard InChI is InChI=1S/C19H21ClN2O5S/c1-12-5-4-6-17(13(12)2)21-18(23)11-27-19(24)14(3)22-28(25,26)16-9-7-15(20)8-10-16/h4-10,14,22H,11H2,1-3H3,(H,21,23). The van der Waals surface area contributed by atoms with Crippen LogP contribution in [-0.4, -0.2) is 32.9 Å². The van der Waals surface area contributed by atoms with Crippen LogP contribution in [-0.2, 0) is 24.3 Å². The van der Waals surface area contributed by atoms with Crippen LogP contribution in [0.25, 0.3) is 0 Å². The molecule has 0 radical (unpaired) electrons. The highest BCUT2D eigenvalue weighted by molar-refractivity contribution is 7.89. The van der Waals surface area contributed by atoms with Gasteiger partial charge in [0, 0.05) is 10.7 Å². The van der Waals surface area contributed by atoms with Gasteiger partial charge in [-0.15, -0.1) is 0 Å². The van der Waals surface area contributed by atoms with Gasteiger partial charge in [0.2, 0.25) is 10.0 Å². The van der Waals surface area contributed by atoms with E-state index >= 15 is 0 Å². The number of halogens is 1. The zero-order valence-corrected chi connectivity index (χ0v) is 17.2. The molecule has 1 amide bonds. The first kappa shape index (κ1) is 21.9. The third-order valence-electron chi connectivity index (χ3n) is 4.03. The van der Waals surface area contributed by atoms with E-state index in [-0.39, 0.29) is 4.90 Å². The molecule has 9 heteroatoms. The predicted octanol–water partition coefficient (Wildman–Crippen LogP) is 2.81. The first-order chi connectivity index (χ1) is 13.1. The van der Waals surface area contributed by atoms with Gasteiger partial charge in [0.25, 0.3) is 5.91 Å². The quantitative estimate of drug-likeness (QED) is 0.665. The van der Waals surface area contributed by atoms with Crippen molar-refractivity contribution >= 4 is 39.2 Å². The van der Waals surface area contributed by atoms with E-state index in [1.165, 1.54) is 31.2 Å². The Labute approximate surface area is 169 Å². The maximum Gasteiger partial charge on any atom is 0.324 e. The van der Waals surface area contributed by atoms with E-state index in [2.05, 4.69) is 10.0 Å². The van der Waals surface area contributed by atoms with Gasteiger partial charge >= 0.3 is 5.97 Å². The van der Waals surface area contributed by atoms with E-state index in [0.29, 0.717) is 10.7 Å². The van der Waals surface area contributed by atoms with Gasteiger partial charge in [-0.25, -0.2) is 8.42 Å². The molecule has 0 saturated carbocycles. The molecule has 0 aliphatic rings. The first-order valence-corrected chi connectivity index (χ1v) is 10.3. The number of rotatable bonds is 7. The zero-order valence-electron chi connectivity index (χ0n) is 15.7. The van der Waals surface area contributed by atoms with Gasteiger partial charge in [-0.1, -0.05) is 23.7 Å². The third-order valence-corrected chi connectivity index (χ3v) is 5.84. The number of nitrogens with one attached hydrogen (secondary N) is 2. The molecule has 0 fully saturated rings. The summed E-state index contributed by atoms with van der Waals surface area (Å²) >= 11 is 5.74. The van der Waals surface area contributed by atoms with Gasteiger partial charge in [0.05, 0.1) is 4.90 Å². The molecule has 0 saturated heterocycles. The van der Waals surface area contributed by atoms with Crippen molar-refractivity contribution in [2.75, 3.05) is 11.9 Å². The zero-order chi connectivity index (χ0) is 20.9. The van der Waals surface area contributed by atoms with Gasteiger partial charge in [0.15, 0.2) is 6.61 Å². The smallest absolute Gasteiger partial charge is 0.324 e. The van der Waals surface area contributed by atoms with Crippen LogP contribution in [0.1, 0.15) is 18.1 Å². The van der Waals surface area contributed by atoms with Gasteiger partial charge in [-0.2, -0.15) is 4.72 Å². The number of hydrogen-bond acceptors (Lipinski definition) is 5. The molecule has 1 unspecified atom stereocenters. The molecule has 150 valence electrons. The van der Waals surface area contributed by atoms with Crippen LogP contribution in [0.15, 0.2) is 47.4 Å². The Bertz CT molecular complexity index is 974. The Balaban J connectivity index is 1.90. The molecule has 7 nitrogen and oxygen atoms in total. The lowest BCUT2D eigenvalue weighted by molar-refractivity contribution is -0.148. The van der Waals surface area contributed by atoms with E-state index in [1.54, 1.807) is 12.1 Å². The highest BCUT2D eigenvalue weighted by atomic mass is 35.5. The lowest BCUT2D eigenvalue weighted by Gasteiger charge is -2.14. The molecule has 0 aromatic heterocycles. The number of sulfonamides is 1. The molecule has 0 aliphatic carbocycles. The molecular weight excluding hydrogens is 404 g/mol. The molecular formula is C19H21ClN2O5S. The summed E-state index contributed by atoms with van der Waals surface area (Å²) in [5.74, 6) is -1.39. The highest BCUT2D eigenvalue weighted by Gasteiger charge is 2.23. The van der Waals surface area contributed by atoms with Crippen LogP contribution in [0.2, 0.25) is 5.02 Å². The average molecular weight is 425 g/mol. The summed E-state index contributed by atoms with van der Waals surface area (Å²) in [6, 6.07) is 9.78. The summed E-state index contributed by atoms with van der Waals surface area (Å²) < 4.78 is 31.6. The summed E-state index contributed by atoms with van der Waals surface area (Å²) in [7, 11) is -3.93. The number of esters is 1. The van der Waals surface area contributed by atoms with Crippen molar-refractivity contribution in [3.05, 3.63) is 58.6 Å². The highest BCUT2D eigenvalue weighted by Crippen LogP contribution is 2.18. The first-order valence-electron chi connectivity index (χ1n) is 8.41. The minimum absolute atomic E-state index is 0.0378. The monoisotopic (exact) mass is 424 g/mol. The van der Waals surface area contributed by atoms with Gasteiger partial charge in [-0.05, 0) is 62.2 Å². The molecule has 2 aromatic carbocycles. The summed E-state index contributed by atoms with van der Waals surface area (Å²) in [4.78, 5) is 24.0. The molecule has 1 atom stereocenters. The number of anilines is 1. The number of aryl methyl sites for hydroxylation is 1. The lowest BCUT2D eigenvalue weighted by atomic mass is 10.1. The number of carbonyl (C=O) groups is 2. The SMILES string of the molecule is Cc1cccc(NC(=O)COC(=O)C(C)NS(=O)(=O)c2ccc(Cl)cc2)c1C. The number of amides is 1. The minimum atomic E-state index is -3.93. The Hall–Kier alpha value is -2.42. The lowest BCUT2D eigenvalue weighted by Crippen LogP contribution is -2.40. The summed E-state index contributed by atoms with van der Waals surface area (Å²) in [6.45, 7) is 4.59. The van der Waals surface area contributed by atoms with Gasteiger partial charge < -0.3 is 10.1 Å². The van der Waals surface area contributed by atoms with Crippen LogP contribution in [0, 0.1) is 13.8 Å². The normalized spacial score (nSPS) is 12.3. The number of hydrogen-bond donors (Lipinski definition) is 2. The molecule has 0 heterocycles. The average Bonchev–Trinajstić information content (AvgIpc) is 2.63. The predicted molar refractivity (Wildman–Crippen MR) is 107 cm³/mol. The van der Waals surface area contributed by atoms with Crippen molar-refractivity contribution in [2.24, 2.45) is 0 Å². The maximum atomic E-state index is 12.3. The van der Waals surface area contributed by atoms with Crippen molar-refractivity contribution < 1.29 is 22.7 Å². The second kappa shape index (κ2) is 9.18. The maximum absolute atomic E-state index is 12.3. The van der Waals surface area contributed by atoms with Crippen molar-refractivity contribution in [2.45, 2.75) is 31.7 Å². The fourth-order valence-corrected chi connectivity index (χ4v) is 3.62. The van der Waals surface area contributed by atoms with E-state index in [9.17, 15) is 18.0 Å². The van der Waals surface area contributed by atoms with Crippen LogP contribution in [0.3, 0.4) is 0 Å². The summed E-state index contributed by atoms with van der Waals surface area (Å²) in [6.07, 6.45) is 0. The van der Waals surface area contributed by atoms with Crippen molar-refractivity contribution in [3.8, 4) is 0 Å². The second-order valence-electron chi connectivity index (χ2n) is 6.20. The van der Waals surface area contributed by atoms with Gasteiger partial charge in [0.1, 0.15) is 6.04 Å². The summed E-state index contributed by atoms with van der Waals surface area (Å²) in [5.41, 5.74) is 2.55. The topological polar surface area (TPSA) is 102 Å². The van der Waals surface area contributed by atoms with Crippen molar-refractivity contribution in [3.63, 3.8) is 0 Å². The Morgan fingerprint density at radius 3 is 2.39 bits per heavy atom. The van der Waals surface area contributed by atoms with Crippen LogP contribution >= 0.6 is 11.6 Å². The largest absolute Gasteiger partial charge is 0.454 e.